The Morgan fingerprint density at radius 1 is 1.42 bits per heavy atom. The van der Waals surface area contributed by atoms with E-state index < -0.39 is 11.0 Å². The van der Waals surface area contributed by atoms with E-state index in [1.54, 1.807) is 30.2 Å². The van der Waals surface area contributed by atoms with Gasteiger partial charge >= 0.3 is 0 Å². The highest BCUT2D eigenvalue weighted by Gasteiger charge is 2.34. The number of carbonyl (C=O) groups is 1. The molecule has 4 rings (SSSR count). The van der Waals surface area contributed by atoms with Gasteiger partial charge in [-0.1, -0.05) is 23.7 Å². The maximum atomic E-state index is 13.0. The van der Waals surface area contributed by atoms with Crippen LogP contribution in [0.2, 0.25) is 5.02 Å². The summed E-state index contributed by atoms with van der Waals surface area (Å²) in [6.45, 7) is 2.27. The Balaban J connectivity index is 1.72. The predicted octanol–water partition coefficient (Wildman–Crippen LogP) is 3.05. The van der Waals surface area contributed by atoms with Gasteiger partial charge in [0.15, 0.2) is 11.3 Å². The van der Waals surface area contributed by atoms with Gasteiger partial charge in [-0.15, -0.1) is 0 Å². The van der Waals surface area contributed by atoms with Gasteiger partial charge in [0.1, 0.15) is 0 Å². The lowest BCUT2D eigenvalue weighted by molar-refractivity contribution is -0.386. The van der Waals surface area contributed by atoms with Crippen LogP contribution in [-0.2, 0) is 6.42 Å². The van der Waals surface area contributed by atoms with Crippen molar-refractivity contribution >= 4 is 28.8 Å². The third-order valence-corrected chi connectivity index (χ3v) is 4.83. The first-order valence-corrected chi connectivity index (χ1v) is 8.41. The molecule has 1 amide bonds. The lowest BCUT2D eigenvalue weighted by Crippen LogP contribution is -2.39. The highest BCUT2D eigenvalue weighted by atomic mass is 35.5. The van der Waals surface area contributed by atoms with Crippen LogP contribution >= 0.6 is 11.6 Å². The number of nitrogens with zero attached hydrogens (tertiary/aromatic N) is 5. The van der Waals surface area contributed by atoms with E-state index >= 15 is 0 Å². The van der Waals surface area contributed by atoms with Crippen molar-refractivity contribution < 1.29 is 9.72 Å². The van der Waals surface area contributed by atoms with Crippen molar-refractivity contribution in [3.63, 3.8) is 0 Å². The first-order chi connectivity index (χ1) is 12.5. The summed E-state index contributed by atoms with van der Waals surface area (Å²) < 4.78 is 1.45. The molecule has 132 valence electrons. The Labute approximate surface area is 153 Å². The smallest absolute Gasteiger partial charge is 0.274 e. The zero-order chi connectivity index (χ0) is 18.4. The summed E-state index contributed by atoms with van der Waals surface area (Å²) in [5.41, 5.74) is 2.26. The largest absolute Gasteiger partial charge is 0.330 e. The van der Waals surface area contributed by atoms with Gasteiger partial charge in [0.05, 0.1) is 27.7 Å². The van der Waals surface area contributed by atoms with E-state index in [-0.39, 0.29) is 17.3 Å². The number of nitro groups is 1. The molecule has 3 aromatic rings. The molecular weight excluding hydrogens is 358 g/mol. The van der Waals surface area contributed by atoms with E-state index in [9.17, 15) is 14.9 Å². The topological polar surface area (TPSA) is 93.6 Å². The third-order valence-electron chi connectivity index (χ3n) is 4.64. The number of carbonyl (C=O) groups excluding carboxylic acids is 1. The normalized spacial score (nSPS) is 16.5. The number of halogens is 1. The number of rotatable bonds is 2. The Kier molecular flexibility index (Phi) is 3.84. The molecule has 0 bridgehead atoms. The van der Waals surface area contributed by atoms with Crippen LogP contribution in [0, 0.1) is 10.1 Å². The highest BCUT2D eigenvalue weighted by Crippen LogP contribution is 2.36. The SMILES string of the molecule is CC1c2c(cccc2[N+](=O)[O-])CCN1C(=O)c1cc2ncc(Cl)cn2n1. The van der Waals surface area contributed by atoms with Crippen LogP contribution in [0.4, 0.5) is 5.69 Å². The van der Waals surface area contributed by atoms with E-state index in [1.165, 1.54) is 16.8 Å². The van der Waals surface area contributed by atoms with Gasteiger partial charge in [-0.2, -0.15) is 5.10 Å². The molecule has 8 nitrogen and oxygen atoms in total. The summed E-state index contributed by atoms with van der Waals surface area (Å²) in [7, 11) is 0. The first kappa shape index (κ1) is 16.5. The van der Waals surface area contributed by atoms with Gasteiger partial charge in [0, 0.05) is 24.9 Å². The molecule has 0 N–H and O–H groups in total. The Morgan fingerprint density at radius 2 is 2.23 bits per heavy atom. The second-order valence-electron chi connectivity index (χ2n) is 6.14. The number of aromatic nitrogens is 3. The minimum atomic E-state index is -0.422. The second-order valence-corrected chi connectivity index (χ2v) is 6.57. The summed E-state index contributed by atoms with van der Waals surface area (Å²) in [6, 6.07) is 6.19. The molecule has 1 unspecified atom stereocenters. The molecule has 1 atom stereocenters. The fraction of sp³-hybridized carbons (Fsp3) is 0.235. The number of fused-ring (bicyclic) bond motifs is 2. The summed E-state index contributed by atoms with van der Waals surface area (Å²) in [4.78, 5) is 29.7. The van der Waals surface area contributed by atoms with Gasteiger partial charge in [0.2, 0.25) is 0 Å². The molecule has 1 aliphatic heterocycles. The predicted molar refractivity (Wildman–Crippen MR) is 94.2 cm³/mol. The number of hydrogen-bond acceptors (Lipinski definition) is 5. The van der Waals surface area contributed by atoms with E-state index in [4.69, 9.17) is 11.6 Å². The zero-order valence-electron chi connectivity index (χ0n) is 13.8. The maximum absolute atomic E-state index is 13.0. The van der Waals surface area contributed by atoms with Gasteiger partial charge < -0.3 is 4.90 Å². The van der Waals surface area contributed by atoms with Crippen molar-refractivity contribution in [3.8, 4) is 0 Å². The van der Waals surface area contributed by atoms with E-state index in [0.29, 0.717) is 29.2 Å². The number of benzene rings is 1. The van der Waals surface area contributed by atoms with Crippen molar-refractivity contribution in [3.05, 3.63) is 68.6 Å². The molecule has 26 heavy (non-hydrogen) atoms. The van der Waals surface area contributed by atoms with Crippen LogP contribution in [-0.4, -0.2) is 36.9 Å². The van der Waals surface area contributed by atoms with Crippen LogP contribution < -0.4 is 0 Å². The molecule has 2 aromatic heterocycles. The van der Waals surface area contributed by atoms with E-state index in [0.717, 1.165) is 5.56 Å². The van der Waals surface area contributed by atoms with Gasteiger partial charge in [0.25, 0.3) is 11.6 Å². The van der Waals surface area contributed by atoms with Crippen LogP contribution in [0.25, 0.3) is 5.65 Å². The second kappa shape index (κ2) is 6.06. The summed E-state index contributed by atoms with van der Waals surface area (Å²) >= 11 is 5.90. The minimum absolute atomic E-state index is 0.0379. The van der Waals surface area contributed by atoms with Crippen molar-refractivity contribution in [2.24, 2.45) is 0 Å². The van der Waals surface area contributed by atoms with E-state index in [2.05, 4.69) is 10.1 Å². The molecule has 1 aliphatic rings. The number of nitro benzene ring substituents is 1. The first-order valence-electron chi connectivity index (χ1n) is 8.04. The fourth-order valence-corrected chi connectivity index (χ4v) is 3.57. The van der Waals surface area contributed by atoms with Crippen molar-refractivity contribution in [1.82, 2.24) is 19.5 Å². The summed E-state index contributed by atoms with van der Waals surface area (Å²) in [6.07, 6.45) is 3.61. The number of amides is 1. The van der Waals surface area contributed by atoms with Crippen molar-refractivity contribution in [2.75, 3.05) is 6.54 Å². The molecule has 1 aromatic carbocycles. The summed E-state index contributed by atoms with van der Waals surface area (Å²) in [5.74, 6) is -0.289. The van der Waals surface area contributed by atoms with Crippen molar-refractivity contribution in [2.45, 2.75) is 19.4 Å². The van der Waals surface area contributed by atoms with Crippen LogP contribution in [0.1, 0.15) is 34.6 Å². The lowest BCUT2D eigenvalue weighted by atomic mass is 9.91. The quantitative estimate of drug-likeness (QED) is 0.509. The Morgan fingerprint density at radius 3 is 3.00 bits per heavy atom. The minimum Gasteiger partial charge on any atom is -0.330 e. The number of hydrogen-bond donors (Lipinski definition) is 0. The average molecular weight is 372 g/mol. The lowest BCUT2D eigenvalue weighted by Gasteiger charge is -2.34. The highest BCUT2D eigenvalue weighted by molar-refractivity contribution is 6.30. The molecule has 0 saturated heterocycles. The molecule has 0 saturated carbocycles. The zero-order valence-corrected chi connectivity index (χ0v) is 14.6. The molecule has 9 heteroatoms. The third kappa shape index (κ3) is 2.59. The Bertz CT molecular complexity index is 1050. The van der Waals surface area contributed by atoms with Gasteiger partial charge in [-0.25, -0.2) is 9.50 Å². The van der Waals surface area contributed by atoms with Crippen LogP contribution in [0.5, 0.6) is 0 Å². The molecule has 0 fully saturated rings. The molecule has 0 aliphatic carbocycles. The van der Waals surface area contributed by atoms with Crippen LogP contribution in [0.15, 0.2) is 36.7 Å². The van der Waals surface area contributed by atoms with E-state index in [1.807, 2.05) is 6.07 Å². The molecular formula is C17H14ClN5O3. The van der Waals surface area contributed by atoms with Gasteiger partial charge in [-0.05, 0) is 18.9 Å². The maximum Gasteiger partial charge on any atom is 0.274 e. The van der Waals surface area contributed by atoms with Crippen molar-refractivity contribution in [1.29, 1.82) is 0 Å². The molecule has 0 spiro atoms. The molecule has 3 heterocycles. The monoisotopic (exact) mass is 371 g/mol. The van der Waals surface area contributed by atoms with Crippen LogP contribution in [0.3, 0.4) is 0 Å². The van der Waals surface area contributed by atoms with Gasteiger partial charge in [-0.3, -0.25) is 14.9 Å². The summed E-state index contributed by atoms with van der Waals surface area (Å²) in [5, 5.41) is 16.0. The molecule has 0 radical (unpaired) electrons. The average Bonchev–Trinajstić information content (AvgIpc) is 3.04. The Hall–Kier alpha value is -3.00. The fourth-order valence-electron chi connectivity index (χ4n) is 3.43. The standard InChI is InChI=1S/C17H14ClN5O3/c1-10-16-11(3-2-4-14(16)23(25)26)5-6-21(10)17(24)13-7-15-19-8-12(18)9-22(15)20-13/h2-4,7-10H,5-6H2,1H3.